The van der Waals surface area contributed by atoms with Crippen molar-refractivity contribution in [2.75, 3.05) is 16.4 Å². The van der Waals surface area contributed by atoms with Gasteiger partial charge in [-0.3, -0.25) is 4.79 Å². The van der Waals surface area contributed by atoms with Crippen LogP contribution in [0.25, 0.3) is 0 Å². The Morgan fingerprint density at radius 2 is 1.87 bits per heavy atom. The van der Waals surface area contributed by atoms with E-state index in [2.05, 4.69) is 53.7 Å². The SMILES string of the molecule is CCSc1nc2n(n1)[C@H](c1ccc(C)cc1)C(C(=O)Nc1ccccc1C)=C(C)N2. The maximum absolute atomic E-state index is 13.4. The zero-order chi connectivity index (χ0) is 21.3. The predicted molar refractivity (Wildman–Crippen MR) is 122 cm³/mol. The number of nitrogens with one attached hydrogen (secondary N) is 2. The molecule has 3 aromatic rings. The Bertz CT molecular complexity index is 1120. The van der Waals surface area contributed by atoms with Gasteiger partial charge in [-0.15, -0.1) is 5.10 Å². The van der Waals surface area contributed by atoms with Gasteiger partial charge in [0.2, 0.25) is 11.1 Å². The number of rotatable bonds is 5. The molecule has 0 unspecified atom stereocenters. The van der Waals surface area contributed by atoms with Crippen molar-refractivity contribution < 1.29 is 4.79 Å². The normalized spacial score (nSPS) is 15.5. The number of para-hydroxylation sites is 1. The fraction of sp³-hybridized carbons (Fsp3) is 0.261. The van der Waals surface area contributed by atoms with Gasteiger partial charge in [-0.25, -0.2) is 4.68 Å². The minimum atomic E-state index is -0.357. The lowest BCUT2D eigenvalue weighted by Crippen LogP contribution is -2.31. The number of aromatic nitrogens is 3. The second kappa shape index (κ2) is 8.36. The average Bonchev–Trinajstić information content (AvgIpc) is 3.11. The minimum absolute atomic E-state index is 0.147. The number of amides is 1. The molecule has 0 fully saturated rings. The molecule has 2 heterocycles. The molecule has 30 heavy (non-hydrogen) atoms. The van der Waals surface area contributed by atoms with Gasteiger partial charge in [-0.05, 0) is 43.7 Å². The number of aryl methyl sites for hydroxylation is 2. The van der Waals surface area contributed by atoms with Crippen LogP contribution in [0.1, 0.15) is 36.6 Å². The van der Waals surface area contributed by atoms with E-state index >= 15 is 0 Å². The van der Waals surface area contributed by atoms with Gasteiger partial charge in [0, 0.05) is 11.4 Å². The van der Waals surface area contributed by atoms with Crippen LogP contribution >= 0.6 is 11.8 Å². The van der Waals surface area contributed by atoms with Crippen LogP contribution < -0.4 is 10.6 Å². The highest BCUT2D eigenvalue weighted by Gasteiger charge is 2.34. The molecule has 2 N–H and O–H groups in total. The first-order chi connectivity index (χ1) is 14.5. The molecule has 0 radical (unpaired) electrons. The predicted octanol–water partition coefficient (Wildman–Crippen LogP) is 4.93. The lowest BCUT2D eigenvalue weighted by Gasteiger charge is -2.29. The molecule has 1 aliphatic heterocycles. The molecule has 4 rings (SSSR count). The van der Waals surface area contributed by atoms with Crippen LogP contribution in [0.15, 0.2) is 65.0 Å². The van der Waals surface area contributed by atoms with Crippen molar-refractivity contribution in [1.29, 1.82) is 0 Å². The highest BCUT2D eigenvalue weighted by Crippen LogP contribution is 2.36. The van der Waals surface area contributed by atoms with Crippen LogP contribution in [-0.4, -0.2) is 26.4 Å². The molecule has 1 atom stereocenters. The first kappa shape index (κ1) is 20.2. The second-order valence-corrected chi connectivity index (χ2v) is 8.57. The second-order valence-electron chi connectivity index (χ2n) is 7.34. The summed E-state index contributed by atoms with van der Waals surface area (Å²) in [5.41, 5.74) is 5.39. The van der Waals surface area contributed by atoms with E-state index in [-0.39, 0.29) is 11.9 Å². The number of allylic oxidation sites excluding steroid dienone is 1. The number of carbonyl (C=O) groups excluding carboxylic acids is 1. The smallest absolute Gasteiger partial charge is 0.255 e. The third kappa shape index (κ3) is 3.85. The summed E-state index contributed by atoms with van der Waals surface area (Å²) in [6.45, 7) is 8.02. The summed E-state index contributed by atoms with van der Waals surface area (Å²) >= 11 is 1.58. The number of anilines is 2. The summed E-state index contributed by atoms with van der Waals surface area (Å²) in [7, 11) is 0. The number of carbonyl (C=O) groups is 1. The van der Waals surface area contributed by atoms with Crippen molar-refractivity contribution in [3.05, 3.63) is 76.5 Å². The molecule has 1 aliphatic rings. The fourth-order valence-electron chi connectivity index (χ4n) is 3.58. The molecular formula is C23H25N5OS. The number of fused-ring (bicyclic) bond motifs is 1. The van der Waals surface area contributed by atoms with E-state index in [4.69, 9.17) is 5.10 Å². The van der Waals surface area contributed by atoms with E-state index in [1.165, 1.54) is 5.56 Å². The molecule has 1 amide bonds. The molecule has 0 saturated carbocycles. The van der Waals surface area contributed by atoms with Crippen molar-refractivity contribution in [1.82, 2.24) is 14.8 Å². The topological polar surface area (TPSA) is 71.8 Å². The molecule has 0 spiro atoms. The van der Waals surface area contributed by atoms with Crippen LogP contribution in [0, 0.1) is 13.8 Å². The van der Waals surface area contributed by atoms with E-state index < -0.39 is 0 Å². The number of thioether (sulfide) groups is 1. The Balaban J connectivity index is 1.78. The third-order valence-corrected chi connectivity index (χ3v) is 5.86. The van der Waals surface area contributed by atoms with E-state index in [0.29, 0.717) is 16.7 Å². The molecule has 154 valence electrons. The number of nitrogens with zero attached hydrogens (tertiary/aromatic N) is 3. The standard InChI is InChI=1S/C23H25N5OS/c1-5-30-23-26-22-24-16(4)19(21(29)25-18-9-7-6-8-15(18)3)20(28(22)27-23)17-12-10-14(2)11-13-17/h6-13,20H,5H2,1-4H3,(H,25,29)(H,24,26,27)/t20-/m1/s1. The van der Waals surface area contributed by atoms with E-state index in [1.54, 1.807) is 11.8 Å². The van der Waals surface area contributed by atoms with Crippen molar-refractivity contribution in [3.63, 3.8) is 0 Å². The molecule has 1 aromatic heterocycles. The molecule has 0 bridgehead atoms. The maximum Gasteiger partial charge on any atom is 0.255 e. The Labute approximate surface area is 180 Å². The van der Waals surface area contributed by atoms with E-state index in [1.807, 2.05) is 42.8 Å². The largest absolute Gasteiger partial charge is 0.328 e. The zero-order valence-corrected chi connectivity index (χ0v) is 18.4. The summed E-state index contributed by atoms with van der Waals surface area (Å²) in [4.78, 5) is 18.1. The fourth-order valence-corrected chi connectivity index (χ4v) is 4.13. The first-order valence-electron chi connectivity index (χ1n) is 9.98. The monoisotopic (exact) mass is 419 g/mol. The Morgan fingerprint density at radius 1 is 1.13 bits per heavy atom. The summed E-state index contributed by atoms with van der Waals surface area (Å²) in [5, 5.41) is 11.8. The van der Waals surface area contributed by atoms with Crippen molar-refractivity contribution in [2.24, 2.45) is 0 Å². The number of hydrogen-bond acceptors (Lipinski definition) is 5. The highest BCUT2D eigenvalue weighted by atomic mass is 32.2. The molecule has 0 saturated heterocycles. The molecule has 6 nitrogen and oxygen atoms in total. The van der Waals surface area contributed by atoms with E-state index in [0.717, 1.165) is 28.3 Å². The quantitative estimate of drug-likeness (QED) is 0.574. The highest BCUT2D eigenvalue weighted by molar-refractivity contribution is 7.99. The maximum atomic E-state index is 13.4. The van der Waals surface area contributed by atoms with Crippen LogP contribution in [0.2, 0.25) is 0 Å². The van der Waals surface area contributed by atoms with Gasteiger partial charge >= 0.3 is 0 Å². The minimum Gasteiger partial charge on any atom is -0.328 e. The molecule has 2 aromatic carbocycles. The third-order valence-electron chi connectivity index (χ3n) is 5.14. The molecular weight excluding hydrogens is 394 g/mol. The lowest BCUT2D eigenvalue weighted by molar-refractivity contribution is -0.113. The van der Waals surface area contributed by atoms with Crippen molar-refractivity contribution >= 4 is 29.3 Å². The number of hydrogen-bond donors (Lipinski definition) is 2. The van der Waals surface area contributed by atoms with Gasteiger partial charge in [-0.2, -0.15) is 4.98 Å². The molecule has 0 aliphatic carbocycles. The summed E-state index contributed by atoms with van der Waals surface area (Å²) < 4.78 is 1.82. The average molecular weight is 420 g/mol. The first-order valence-corrected chi connectivity index (χ1v) is 11.0. The number of benzene rings is 2. The molecule has 7 heteroatoms. The van der Waals surface area contributed by atoms with Gasteiger partial charge in [0.15, 0.2) is 0 Å². The van der Waals surface area contributed by atoms with Crippen LogP contribution in [0.5, 0.6) is 0 Å². The Hall–Kier alpha value is -3.06. The Kier molecular flexibility index (Phi) is 5.63. The van der Waals surface area contributed by atoms with Crippen molar-refractivity contribution in [3.8, 4) is 0 Å². The Morgan fingerprint density at radius 3 is 2.57 bits per heavy atom. The van der Waals surface area contributed by atoms with Gasteiger partial charge in [-0.1, -0.05) is 66.7 Å². The summed E-state index contributed by atoms with van der Waals surface area (Å²) in [6.07, 6.45) is 0. The zero-order valence-electron chi connectivity index (χ0n) is 17.6. The van der Waals surface area contributed by atoms with Gasteiger partial charge in [0.1, 0.15) is 6.04 Å². The summed E-state index contributed by atoms with van der Waals surface area (Å²) in [6, 6.07) is 15.6. The van der Waals surface area contributed by atoms with Crippen molar-refractivity contribution in [2.45, 2.75) is 38.9 Å². The van der Waals surface area contributed by atoms with Crippen LogP contribution in [0.4, 0.5) is 11.6 Å². The van der Waals surface area contributed by atoms with Gasteiger partial charge in [0.25, 0.3) is 5.91 Å². The van der Waals surface area contributed by atoms with Crippen LogP contribution in [-0.2, 0) is 4.79 Å². The van der Waals surface area contributed by atoms with Gasteiger partial charge in [0.05, 0.1) is 5.57 Å². The van der Waals surface area contributed by atoms with Gasteiger partial charge < -0.3 is 10.6 Å². The van der Waals surface area contributed by atoms with E-state index in [9.17, 15) is 4.79 Å². The lowest BCUT2D eigenvalue weighted by atomic mass is 9.94. The summed E-state index contributed by atoms with van der Waals surface area (Å²) in [5.74, 6) is 1.39. The van der Waals surface area contributed by atoms with Crippen LogP contribution in [0.3, 0.4) is 0 Å².